The first-order valence-corrected chi connectivity index (χ1v) is 12.8. The molecule has 1 aromatic rings. The molecule has 0 radical (unpaired) electrons. The van der Waals surface area contributed by atoms with Crippen LogP contribution in [0.15, 0.2) is 24.3 Å². The fourth-order valence-electron chi connectivity index (χ4n) is 8.58. The molecular weight excluding hydrogens is 412 g/mol. The van der Waals surface area contributed by atoms with Crippen molar-refractivity contribution in [2.45, 2.75) is 83.3 Å². The van der Waals surface area contributed by atoms with E-state index in [1.807, 2.05) is 7.11 Å². The van der Waals surface area contributed by atoms with Crippen LogP contribution in [-0.2, 0) is 4.74 Å². The molecule has 0 heterocycles. The average Bonchev–Trinajstić information content (AvgIpc) is 3.15. The summed E-state index contributed by atoms with van der Waals surface area (Å²) in [6, 6.07) is 6.60. The summed E-state index contributed by atoms with van der Waals surface area (Å²) < 4.78 is 5.93. The SMILES string of the molecule is CO[C@H]1CC[C@H]2[C@@H]3CC[C@@H]4C[C@@](O)(C#Cc5ccc(C(=O)O)cc5)CC[C@]4(C)[C@H]3CC[C@]12C. The number of hydrogen-bond acceptors (Lipinski definition) is 3. The molecule has 0 saturated heterocycles. The van der Waals surface area contributed by atoms with E-state index in [-0.39, 0.29) is 5.56 Å². The molecule has 4 nitrogen and oxygen atoms in total. The van der Waals surface area contributed by atoms with Gasteiger partial charge in [-0.05, 0) is 117 Å². The Bertz CT molecular complexity index is 974. The summed E-state index contributed by atoms with van der Waals surface area (Å²) >= 11 is 0. The zero-order valence-corrected chi connectivity index (χ0v) is 20.3. The highest BCUT2D eigenvalue weighted by molar-refractivity contribution is 5.87. The van der Waals surface area contributed by atoms with Gasteiger partial charge in [0.2, 0.25) is 0 Å². The van der Waals surface area contributed by atoms with Gasteiger partial charge in [-0.25, -0.2) is 4.79 Å². The minimum absolute atomic E-state index is 0.257. The number of methoxy groups -OCH3 is 1. The number of carboxylic acids is 1. The Labute approximate surface area is 198 Å². The highest BCUT2D eigenvalue weighted by Gasteiger charge is 2.61. The van der Waals surface area contributed by atoms with Gasteiger partial charge in [-0.1, -0.05) is 25.7 Å². The van der Waals surface area contributed by atoms with E-state index in [1.54, 1.807) is 24.3 Å². The average molecular weight is 451 g/mol. The Kier molecular flexibility index (Phi) is 5.66. The van der Waals surface area contributed by atoms with E-state index in [0.29, 0.717) is 22.9 Å². The number of aromatic carboxylic acids is 1. The van der Waals surface area contributed by atoms with Crippen molar-refractivity contribution in [3.63, 3.8) is 0 Å². The van der Waals surface area contributed by atoms with Gasteiger partial charge in [-0.3, -0.25) is 0 Å². The molecule has 0 spiro atoms. The van der Waals surface area contributed by atoms with Crippen molar-refractivity contribution in [2.24, 2.45) is 34.5 Å². The molecule has 0 amide bonds. The third-order valence-electron chi connectivity index (χ3n) is 10.5. The highest BCUT2D eigenvalue weighted by atomic mass is 16.5. The summed E-state index contributed by atoms with van der Waals surface area (Å²) in [5.41, 5.74) is 0.709. The standard InChI is InChI=1S/C29H38O4/c1-27-16-17-29(32,15-12-19-4-6-20(7-5-19)26(30)31)18-21(27)8-9-22-23-10-11-25(33-3)28(23,2)14-13-24(22)27/h4-7,21-25,32H,8-11,13-14,16-18H2,1-3H3,(H,30,31)/t21-,22+,23+,24+,25+,27+,28+,29-/m1/s1. The molecule has 0 aliphatic heterocycles. The molecule has 4 heteroatoms. The smallest absolute Gasteiger partial charge is 0.335 e. The summed E-state index contributed by atoms with van der Waals surface area (Å²) in [6.07, 6.45) is 10.5. The number of aliphatic hydroxyl groups is 1. The van der Waals surface area contributed by atoms with Crippen LogP contribution in [0.5, 0.6) is 0 Å². The number of carbonyl (C=O) groups is 1. The molecular formula is C29H38O4. The fraction of sp³-hybridized carbons (Fsp3) is 0.690. The normalized spacial score (nSPS) is 44.1. The van der Waals surface area contributed by atoms with Gasteiger partial charge in [0.15, 0.2) is 0 Å². The van der Waals surface area contributed by atoms with Gasteiger partial charge in [0, 0.05) is 12.7 Å². The monoisotopic (exact) mass is 450 g/mol. The molecule has 8 atom stereocenters. The van der Waals surface area contributed by atoms with E-state index in [4.69, 9.17) is 9.84 Å². The first kappa shape index (κ1) is 22.9. The summed E-state index contributed by atoms with van der Waals surface area (Å²) in [5.74, 6) is 8.23. The lowest BCUT2D eigenvalue weighted by atomic mass is 9.44. The van der Waals surface area contributed by atoms with Gasteiger partial charge >= 0.3 is 5.97 Å². The molecule has 4 fully saturated rings. The molecule has 4 aliphatic rings. The molecule has 1 aromatic carbocycles. The minimum atomic E-state index is -0.944. The highest BCUT2D eigenvalue weighted by Crippen LogP contribution is 2.67. The first-order chi connectivity index (χ1) is 15.7. The molecule has 33 heavy (non-hydrogen) atoms. The van der Waals surface area contributed by atoms with E-state index in [9.17, 15) is 9.90 Å². The van der Waals surface area contributed by atoms with Crippen LogP contribution in [0, 0.1) is 46.3 Å². The Morgan fingerprint density at radius 1 is 0.970 bits per heavy atom. The zero-order chi connectivity index (χ0) is 23.4. The van der Waals surface area contributed by atoms with Crippen LogP contribution in [0.25, 0.3) is 0 Å². The number of ether oxygens (including phenoxy) is 1. The fourth-order valence-corrected chi connectivity index (χ4v) is 8.58. The molecule has 4 aliphatic carbocycles. The Morgan fingerprint density at radius 2 is 1.70 bits per heavy atom. The van der Waals surface area contributed by atoms with Crippen LogP contribution in [0.2, 0.25) is 0 Å². The van der Waals surface area contributed by atoms with Crippen molar-refractivity contribution in [2.75, 3.05) is 7.11 Å². The molecule has 0 bridgehead atoms. The van der Waals surface area contributed by atoms with Crippen LogP contribution < -0.4 is 0 Å². The van der Waals surface area contributed by atoms with Gasteiger partial charge in [0.1, 0.15) is 5.60 Å². The Hall–Kier alpha value is -1.83. The molecule has 0 aromatic heterocycles. The minimum Gasteiger partial charge on any atom is -0.478 e. The quantitative estimate of drug-likeness (QED) is 0.582. The predicted octanol–water partition coefficient (Wildman–Crippen LogP) is 5.53. The van der Waals surface area contributed by atoms with E-state index >= 15 is 0 Å². The van der Waals surface area contributed by atoms with E-state index in [0.717, 1.165) is 42.6 Å². The van der Waals surface area contributed by atoms with Crippen molar-refractivity contribution in [3.05, 3.63) is 35.4 Å². The molecule has 178 valence electrons. The van der Waals surface area contributed by atoms with Crippen molar-refractivity contribution in [1.29, 1.82) is 0 Å². The summed E-state index contributed by atoms with van der Waals surface area (Å²) in [5, 5.41) is 20.5. The maximum absolute atomic E-state index is 11.4. The van der Waals surface area contributed by atoms with Crippen LogP contribution in [-0.4, -0.2) is 35.0 Å². The van der Waals surface area contributed by atoms with Gasteiger partial charge in [-0.2, -0.15) is 0 Å². The van der Waals surface area contributed by atoms with Crippen LogP contribution in [0.1, 0.15) is 87.6 Å². The van der Waals surface area contributed by atoms with Gasteiger partial charge < -0.3 is 14.9 Å². The summed E-state index contributed by atoms with van der Waals surface area (Å²) in [7, 11) is 1.89. The lowest BCUT2D eigenvalue weighted by molar-refractivity contribution is -0.146. The number of rotatable bonds is 2. The van der Waals surface area contributed by atoms with Crippen molar-refractivity contribution >= 4 is 5.97 Å². The molecule has 4 saturated carbocycles. The molecule has 2 N–H and O–H groups in total. The lowest BCUT2D eigenvalue weighted by Crippen LogP contribution is -2.56. The van der Waals surface area contributed by atoms with Gasteiger partial charge in [0.25, 0.3) is 0 Å². The number of carboxylic acid groups (broad SMARTS) is 1. The lowest BCUT2D eigenvalue weighted by Gasteiger charge is -2.61. The van der Waals surface area contributed by atoms with Crippen molar-refractivity contribution in [3.8, 4) is 11.8 Å². The number of hydrogen-bond donors (Lipinski definition) is 2. The van der Waals surface area contributed by atoms with Crippen LogP contribution in [0.3, 0.4) is 0 Å². The number of benzene rings is 1. The first-order valence-electron chi connectivity index (χ1n) is 12.8. The Balaban J connectivity index is 1.32. The summed E-state index contributed by atoms with van der Waals surface area (Å²) in [4.78, 5) is 11.1. The van der Waals surface area contributed by atoms with E-state index in [2.05, 4.69) is 25.7 Å². The molecule has 5 rings (SSSR count). The molecule has 0 unspecified atom stereocenters. The third kappa shape index (κ3) is 3.72. The predicted molar refractivity (Wildman–Crippen MR) is 128 cm³/mol. The second-order valence-electron chi connectivity index (χ2n) is 11.9. The van der Waals surface area contributed by atoms with Crippen molar-refractivity contribution < 1.29 is 19.7 Å². The van der Waals surface area contributed by atoms with Gasteiger partial charge in [-0.15, -0.1) is 0 Å². The van der Waals surface area contributed by atoms with Crippen molar-refractivity contribution in [1.82, 2.24) is 0 Å². The second-order valence-corrected chi connectivity index (χ2v) is 11.9. The van der Waals surface area contributed by atoms with Crippen LogP contribution >= 0.6 is 0 Å². The van der Waals surface area contributed by atoms with Crippen LogP contribution in [0.4, 0.5) is 0 Å². The topological polar surface area (TPSA) is 66.8 Å². The second kappa shape index (κ2) is 8.14. The number of fused-ring (bicyclic) bond motifs is 5. The van der Waals surface area contributed by atoms with Gasteiger partial charge in [0.05, 0.1) is 11.7 Å². The zero-order valence-electron chi connectivity index (χ0n) is 20.3. The Morgan fingerprint density at radius 3 is 2.39 bits per heavy atom. The van der Waals surface area contributed by atoms with E-state index < -0.39 is 11.6 Å². The largest absolute Gasteiger partial charge is 0.478 e. The summed E-state index contributed by atoms with van der Waals surface area (Å²) in [6.45, 7) is 5.00. The maximum atomic E-state index is 11.4. The van der Waals surface area contributed by atoms with E-state index in [1.165, 1.54) is 38.5 Å². The maximum Gasteiger partial charge on any atom is 0.335 e. The third-order valence-corrected chi connectivity index (χ3v) is 10.5.